The van der Waals surface area contributed by atoms with E-state index in [1.807, 2.05) is 6.92 Å². The maximum Gasteiger partial charge on any atom is 0.278 e. The molecule has 0 aromatic carbocycles. The Balaban J connectivity index is 1.90. The molecule has 0 unspecified atom stereocenters. The Hall–Kier alpha value is -1.69. The number of ether oxygens (including phenoxy) is 1. The summed E-state index contributed by atoms with van der Waals surface area (Å²) in [5.74, 6) is 1.47. The summed E-state index contributed by atoms with van der Waals surface area (Å²) >= 11 is 0. The van der Waals surface area contributed by atoms with Gasteiger partial charge < -0.3 is 9.26 Å². The largest absolute Gasteiger partial charge is 0.381 e. The minimum atomic E-state index is 0.257. The van der Waals surface area contributed by atoms with E-state index in [2.05, 4.69) is 27.3 Å². The summed E-state index contributed by atoms with van der Waals surface area (Å²) in [5, 5.41) is 11.3. The van der Waals surface area contributed by atoms with Crippen molar-refractivity contribution in [2.75, 3.05) is 13.2 Å². The van der Waals surface area contributed by atoms with Crippen LogP contribution >= 0.6 is 0 Å². The molecule has 0 saturated carbocycles. The third-order valence-corrected chi connectivity index (χ3v) is 3.40. The minimum Gasteiger partial charge on any atom is -0.381 e. The average Bonchev–Trinajstić information content (AvgIpc) is 3.08. The zero-order chi connectivity index (χ0) is 12.5. The van der Waals surface area contributed by atoms with E-state index in [4.69, 9.17) is 9.26 Å². The smallest absolute Gasteiger partial charge is 0.278 e. The molecule has 1 N–H and O–H groups in total. The van der Waals surface area contributed by atoms with Crippen molar-refractivity contribution in [3.8, 4) is 11.6 Å². The van der Waals surface area contributed by atoms with E-state index in [-0.39, 0.29) is 5.92 Å². The van der Waals surface area contributed by atoms with Gasteiger partial charge in [-0.15, -0.1) is 0 Å². The lowest BCUT2D eigenvalue weighted by Gasteiger charge is -1.97. The Bertz CT molecular complexity index is 540. The van der Waals surface area contributed by atoms with Crippen LogP contribution in [0.15, 0.2) is 4.52 Å². The molecule has 18 heavy (non-hydrogen) atoms. The summed E-state index contributed by atoms with van der Waals surface area (Å²) in [4.78, 5) is 4.43. The Morgan fingerprint density at radius 1 is 1.44 bits per heavy atom. The normalized spacial score (nSPS) is 19.6. The van der Waals surface area contributed by atoms with Crippen LogP contribution < -0.4 is 0 Å². The van der Waals surface area contributed by atoms with E-state index in [1.54, 1.807) is 0 Å². The fourth-order valence-electron chi connectivity index (χ4n) is 2.22. The molecule has 0 spiro atoms. The van der Waals surface area contributed by atoms with E-state index >= 15 is 0 Å². The SMILES string of the molecule is CCc1[nH]nc(-c2nc([C@H]3CCOC3)no2)c1C. The van der Waals surface area contributed by atoms with Crippen molar-refractivity contribution in [3.05, 3.63) is 17.1 Å². The molecule has 0 amide bonds. The molecule has 1 fully saturated rings. The number of nitrogens with one attached hydrogen (secondary N) is 1. The first-order valence-corrected chi connectivity index (χ1v) is 6.25. The van der Waals surface area contributed by atoms with Crippen LogP contribution in [0, 0.1) is 6.92 Å². The number of nitrogens with zero attached hydrogens (tertiary/aromatic N) is 3. The molecule has 1 aliphatic rings. The molecule has 2 aromatic rings. The van der Waals surface area contributed by atoms with Crippen molar-refractivity contribution in [2.45, 2.75) is 32.6 Å². The summed E-state index contributed by atoms with van der Waals surface area (Å²) < 4.78 is 10.6. The number of hydrogen-bond acceptors (Lipinski definition) is 5. The van der Waals surface area contributed by atoms with Crippen LogP contribution in [-0.2, 0) is 11.2 Å². The second-order valence-corrected chi connectivity index (χ2v) is 4.55. The van der Waals surface area contributed by atoms with Gasteiger partial charge in [-0.25, -0.2) is 0 Å². The monoisotopic (exact) mass is 248 g/mol. The highest BCUT2D eigenvalue weighted by Gasteiger charge is 2.24. The van der Waals surface area contributed by atoms with Crippen LogP contribution in [0.25, 0.3) is 11.6 Å². The highest BCUT2D eigenvalue weighted by molar-refractivity contribution is 5.53. The molecule has 3 rings (SSSR count). The van der Waals surface area contributed by atoms with Crippen molar-refractivity contribution in [1.82, 2.24) is 20.3 Å². The van der Waals surface area contributed by atoms with E-state index in [9.17, 15) is 0 Å². The molecule has 0 aliphatic carbocycles. The molecule has 1 atom stereocenters. The molecular weight excluding hydrogens is 232 g/mol. The number of aromatic amines is 1. The first kappa shape index (κ1) is 11.4. The third-order valence-electron chi connectivity index (χ3n) is 3.40. The van der Waals surface area contributed by atoms with Gasteiger partial charge in [-0.2, -0.15) is 10.1 Å². The van der Waals surface area contributed by atoms with Crippen LogP contribution in [0.1, 0.15) is 36.3 Å². The Morgan fingerprint density at radius 3 is 3.00 bits per heavy atom. The van der Waals surface area contributed by atoms with E-state index in [0.29, 0.717) is 12.5 Å². The first-order chi connectivity index (χ1) is 8.79. The fourth-order valence-corrected chi connectivity index (χ4v) is 2.22. The van der Waals surface area contributed by atoms with Crippen LogP contribution in [0.4, 0.5) is 0 Å². The number of aryl methyl sites for hydroxylation is 1. The molecule has 3 heterocycles. The summed E-state index contributed by atoms with van der Waals surface area (Å²) in [5.41, 5.74) is 2.94. The molecule has 6 heteroatoms. The Morgan fingerprint density at radius 2 is 2.33 bits per heavy atom. The maximum absolute atomic E-state index is 5.33. The van der Waals surface area contributed by atoms with E-state index < -0.39 is 0 Å². The molecule has 1 aliphatic heterocycles. The van der Waals surface area contributed by atoms with Crippen molar-refractivity contribution >= 4 is 0 Å². The summed E-state index contributed by atoms with van der Waals surface area (Å²) in [6, 6.07) is 0. The van der Waals surface area contributed by atoms with Gasteiger partial charge in [0.25, 0.3) is 5.89 Å². The van der Waals surface area contributed by atoms with Gasteiger partial charge in [-0.05, 0) is 19.8 Å². The predicted octanol–water partition coefficient (Wildman–Crippen LogP) is 1.83. The lowest BCUT2D eigenvalue weighted by molar-refractivity contribution is 0.192. The number of hydrogen-bond donors (Lipinski definition) is 1. The summed E-state index contributed by atoms with van der Waals surface area (Å²) in [6.45, 7) is 5.55. The predicted molar refractivity (Wildman–Crippen MR) is 64.2 cm³/mol. The standard InChI is InChI=1S/C12H16N4O2/c1-3-9-7(2)10(15-14-9)12-13-11(16-18-12)8-4-5-17-6-8/h8H,3-6H2,1-2H3,(H,14,15)/t8-/m0/s1. The number of H-pyrrole nitrogens is 1. The van der Waals surface area contributed by atoms with Gasteiger partial charge in [0.1, 0.15) is 0 Å². The quantitative estimate of drug-likeness (QED) is 0.896. The molecule has 96 valence electrons. The third kappa shape index (κ3) is 1.82. The highest BCUT2D eigenvalue weighted by Crippen LogP contribution is 2.26. The van der Waals surface area contributed by atoms with Crippen molar-refractivity contribution < 1.29 is 9.26 Å². The number of aromatic nitrogens is 4. The lowest BCUT2D eigenvalue weighted by Crippen LogP contribution is -1.99. The van der Waals surface area contributed by atoms with Crippen LogP contribution in [0.3, 0.4) is 0 Å². The van der Waals surface area contributed by atoms with E-state index in [1.165, 1.54) is 0 Å². The van der Waals surface area contributed by atoms with Crippen molar-refractivity contribution in [1.29, 1.82) is 0 Å². The van der Waals surface area contributed by atoms with Gasteiger partial charge in [-0.1, -0.05) is 12.1 Å². The lowest BCUT2D eigenvalue weighted by atomic mass is 10.1. The number of rotatable bonds is 3. The average molecular weight is 248 g/mol. The summed E-state index contributed by atoms with van der Waals surface area (Å²) in [6.07, 6.45) is 1.87. The second-order valence-electron chi connectivity index (χ2n) is 4.55. The van der Waals surface area contributed by atoms with Crippen molar-refractivity contribution in [3.63, 3.8) is 0 Å². The molecular formula is C12H16N4O2. The Kier molecular flexibility index (Phi) is 2.87. The molecule has 1 saturated heterocycles. The fraction of sp³-hybridized carbons (Fsp3) is 0.583. The highest BCUT2D eigenvalue weighted by atomic mass is 16.5. The van der Waals surface area contributed by atoms with Crippen LogP contribution in [0.5, 0.6) is 0 Å². The van der Waals surface area contributed by atoms with Crippen LogP contribution in [-0.4, -0.2) is 33.6 Å². The van der Waals surface area contributed by atoms with Gasteiger partial charge in [0.2, 0.25) is 0 Å². The van der Waals surface area contributed by atoms with Gasteiger partial charge in [-0.3, -0.25) is 5.10 Å². The molecule has 0 radical (unpaired) electrons. The minimum absolute atomic E-state index is 0.257. The zero-order valence-corrected chi connectivity index (χ0v) is 10.6. The zero-order valence-electron chi connectivity index (χ0n) is 10.6. The topological polar surface area (TPSA) is 76.8 Å². The second kappa shape index (κ2) is 4.53. The summed E-state index contributed by atoms with van der Waals surface area (Å²) in [7, 11) is 0. The van der Waals surface area contributed by atoms with Gasteiger partial charge in [0, 0.05) is 23.8 Å². The Labute approximate surface area is 105 Å². The van der Waals surface area contributed by atoms with Crippen LogP contribution in [0.2, 0.25) is 0 Å². The van der Waals surface area contributed by atoms with Crippen molar-refractivity contribution in [2.24, 2.45) is 0 Å². The first-order valence-electron chi connectivity index (χ1n) is 6.25. The maximum atomic E-state index is 5.33. The molecule has 6 nitrogen and oxygen atoms in total. The van der Waals surface area contributed by atoms with Gasteiger partial charge >= 0.3 is 0 Å². The van der Waals surface area contributed by atoms with Gasteiger partial charge in [0.05, 0.1) is 6.61 Å². The van der Waals surface area contributed by atoms with E-state index in [0.717, 1.165) is 42.2 Å². The van der Waals surface area contributed by atoms with Gasteiger partial charge in [0.15, 0.2) is 11.5 Å². The molecule has 0 bridgehead atoms. The molecule has 2 aromatic heterocycles.